The van der Waals surface area contributed by atoms with Gasteiger partial charge in [0.1, 0.15) is 0 Å². The van der Waals surface area contributed by atoms with E-state index >= 15 is 0 Å². The molecule has 0 aromatic carbocycles. The molecule has 0 aliphatic heterocycles. The van der Waals surface area contributed by atoms with E-state index in [4.69, 9.17) is 12.2 Å². The summed E-state index contributed by atoms with van der Waals surface area (Å²) in [6, 6.07) is 0. The molecule has 2 N–H and O–H groups in total. The van der Waals surface area contributed by atoms with E-state index in [9.17, 15) is 4.79 Å². The summed E-state index contributed by atoms with van der Waals surface area (Å²) in [5.74, 6) is 3.48. The Bertz CT molecular complexity index is 249. The lowest BCUT2D eigenvalue weighted by atomic mass is 9.81. The van der Waals surface area contributed by atoms with E-state index in [0.29, 0.717) is 12.5 Å². The largest absolute Gasteiger partial charge is 0.334 e. The van der Waals surface area contributed by atoms with Gasteiger partial charge in [0.25, 0.3) is 0 Å². The zero-order chi connectivity index (χ0) is 11.3. The number of hydrogen-bond donors (Lipinski definition) is 1. The molecule has 0 atom stereocenters. The van der Waals surface area contributed by atoms with Crippen molar-refractivity contribution in [2.75, 3.05) is 20.1 Å². The third-order valence-corrected chi connectivity index (χ3v) is 3.23. The molecule has 0 radical (unpaired) electrons. The molecule has 84 valence electrons. The van der Waals surface area contributed by atoms with Crippen molar-refractivity contribution in [1.29, 1.82) is 0 Å². The number of carbonyl (C=O) groups is 1. The van der Waals surface area contributed by atoms with Crippen LogP contribution in [0.2, 0.25) is 0 Å². The normalized spacial score (nSPS) is 25.7. The van der Waals surface area contributed by atoms with Crippen LogP contribution in [0, 0.1) is 24.2 Å². The molecule has 0 saturated heterocycles. The molecule has 1 amide bonds. The monoisotopic (exact) mass is 208 g/mol. The van der Waals surface area contributed by atoms with Crippen molar-refractivity contribution < 1.29 is 4.79 Å². The Hall–Kier alpha value is -1.01. The van der Waals surface area contributed by atoms with Crippen LogP contribution in [0.1, 0.15) is 25.7 Å². The molecule has 1 aliphatic carbocycles. The molecule has 1 saturated carbocycles. The highest BCUT2D eigenvalue weighted by Crippen LogP contribution is 2.29. The van der Waals surface area contributed by atoms with E-state index in [1.54, 1.807) is 11.9 Å². The van der Waals surface area contributed by atoms with Crippen LogP contribution in [0.5, 0.6) is 0 Å². The first-order chi connectivity index (χ1) is 7.19. The SMILES string of the molecule is C#CCN(C)C(=O)C1CCC(CN)CC1. The van der Waals surface area contributed by atoms with Gasteiger partial charge in [0.15, 0.2) is 0 Å². The Labute approximate surface area is 92.0 Å². The predicted octanol–water partition coefficient (Wildman–Crippen LogP) is 0.843. The van der Waals surface area contributed by atoms with Crippen LogP contribution in [0.25, 0.3) is 0 Å². The van der Waals surface area contributed by atoms with Gasteiger partial charge in [-0.15, -0.1) is 6.42 Å². The molecule has 0 aromatic rings. The van der Waals surface area contributed by atoms with Crippen molar-refractivity contribution in [3.8, 4) is 12.3 Å². The van der Waals surface area contributed by atoms with E-state index in [2.05, 4.69) is 5.92 Å². The molecule has 0 heterocycles. The van der Waals surface area contributed by atoms with Crippen molar-refractivity contribution in [3.63, 3.8) is 0 Å². The summed E-state index contributed by atoms with van der Waals surface area (Å²) in [6.45, 7) is 1.16. The maximum atomic E-state index is 11.9. The fraction of sp³-hybridized carbons (Fsp3) is 0.750. The minimum absolute atomic E-state index is 0.172. The van der Waals surface area contributed by atoms with Crippen LogP contribution in [0.15, 0.2) is 0 Å². The second kappa shape index (κ2) is 5.77. The van der Waals surface area contributed by atoms with Crippen molar-refractivity contribution in [2.45, 2.75) is 25.7 Å². The summed E-state index contributed by atoms with van der Waals surface area (Å²) in [6.07, 6.45) is 9.28. The van der Waals surface area contributed by atoms with Gasteiger partial charge in [-0.2, -0.15) is 0 Å². The number of terminal acetylenes is 1. The fourth-order valence-electron chi connectivity index (χ4n) is 2.17. The summed E-state index contributed by atoms with van der Waals surface area (Å²) in [5, 5.41) is 0. The first-order valence-corrected chi connectivity index (χ1v) is 5.57. The highest BCUT2D eigenvalue weighted by atomic mass is 16.2. The maximum absolute atomic E-state index is 11.9. The van der Waals surface area contributed by atoms with Gasteiger partial charge in [0.2, 0.25) is 5.91 Å². The minimum Gasteiger partial charge on any atom is -0.334 e. The molecule has 3 heteroatoms. The number of nitrogens with zero attached hydrogens (tertiary/aromatic N) is 1. The van der Waals surface area contributed by atoms with Gasteiger partial charge < -0.3 is 10.6 Å². The number of amides is 1. The van der Waals surface area contributed by atoms with Gasteiger partial charge in [0, 0.05) is 13.0 Å². The minimum atomic E-state index is 0.172. The number of carbonyl (C=O) groups excluding carboxylic acids is 1. The van der Waals surface area contributed by atoms with Crippen molar-refractivity contribution in [1.82, 2.24) is 4.90 Å². The summed E-state index contributed by atoms with van der Waals surface area (Å²) in [5.41, 5.74) is 5.61. The lowest BCUT2D eigenvalue weighted by Crippen LogP contribution is -2.36. The summed E-state index contributed by atoms with van der Waals surface area (Å²) in [4.78, 5) is 13.5. The quantitative estimate of drug-likeness (QED) is 0.699. The van der Waals surface area contributed by atoms with Crippen LogP contribution in [-0.2, 0) is 4.79 Å². The molecule has 1 fully saturated rings. The zero-order valence-electron chi connectivity index (χ0n) is 9.41. The average Bonchev–Trinajstić information content (AvgIpc) is 2.28. The van der Waals surface area contributed by atoms with Crippen LogP contribution in [0.3, 0.4) is 0 Å². The van der Waals surface area contributed by atoms with Crippen molar-refractivity contribution >= 4 is 5.91 Å². The maximum Gasteiger partial charge on any atom is 0.226 e. The molecule has 0 unspecified atom stereocenters. The third kappa shape index (κ3) is 3.24. The highest BCUT2D eigenvalue weighted by Gasteiger charge is 2.27. The summed E-state index contributed by atoms with van der Waals surface area (Å²) < 4.78 is 0. The lowest BCUT2D eigenvalue weighted by Gasteiger charge is -2.29. The Morgan fingerprint density at radius 1 is 1.47 bits per heavy atom. The molecule has 0 bridgehead atoms. The molecule has 1 aliphatic rings. The molecular weight excluding hydrogens is 188 g/mol. The van der Waals surface area contributed by atoms with Gasteiger partial charge in [-0.1, -0.05) is 5.92 Å². The molecule has 15 heavy (non-hydrogen) atoms. The van der Waals surface area contributed by atoms with E-state index < -0.39 is 0 Å². The van der Waals surface area contributed by atoms with Gasteiger partial charge in [-0.3, -0.25) is 4.79 Å². The Balaban J connectivity index is 2.40. The molecule has 0 spiro atoms. The third-order valence-electron chi connectivity index (χ3n) is 3.23. The van der Waals surface area contributed by atoms with Crippen LogP contribution in [-0.4, -0.2) is 30.9 Å². The van der Waals surface area contributed by atoms with Gasteiger partial charge >= 0.3 is 0 Å². The predicted molar refractivity (Wildman–Crippen MR) is 61.0 cm³/mol. The molecule has 0 aromatic heterocycles. The topological polar surface area (TPSA) is 46.3 Å². The Morgan fingerprint density at radius 3 is 2.53 bits per heavy atom. The van der Waals surface area contributed by atoms with Crippen LogP contribution in [0.4, 0.5) is 0 Å². The second-order valence-corrected chi connectivity index (χ2v) is 4.35. The molecule has 1 rings (SSSR count). The van der Waals surface area contributed by atoms with Crippen LogP contribution < -0.4 is 5.73 Å². The average molecular weight is 208 g/mol. The van der Waals surface area contributed by atoms with E-state index in [0.717, 1.165) is 32.2 Å². The number of nitrogens with two attached hydrogens (primary N) is 1. The fourth-order valence-corrected chi connectivity index (χ4v) is 2.17. The van der Waals surface area contributed by atoms with Crippen molar-refractivity contribution in [2.24, 2.45) is 17.6 Å². The number of rotatable bonds is 3. The highest BCUT2D eigenvalue weighted by molar-refractivity contribution is 5.78. The molecular formula is C12H20N2O. The van der Waals surface area contributed by atoms with E-state index in [1.165, 1.54) is 0 Å². The first-order valence-electron chi connectivity index (χ1n) is 5.57. The molecule has 3 nitrogen and oxygen atoms in total. The summed E-state index contributed by atoms with van der Waals surface area (Å²) >= 11 is 0. The van der Waals surface area contributed by atoms with Gasteiger partial charge in [-0.25, -0.2) is 0 Å². The first kappa shape index (κ1) is 12.1. The second-order valence-electron chi connectivity index (χ2n) is 4.35. The van der Waals surface area contributed by atoms with Crippen molar-refractivity contribution in [3.05, 3.63) is 0 Å². The Morgan fingerprint density at radius 2 is 2.07 bits per heavy atom. The van der Waals surface area contributed by atoms with Gasteiger partial charge in [-0.05, 0) is 38.1 Å². The number of hydrogen-bond acceptors (Lipinski definition) is 2. The smallest absolute Gasteiger partial charge is 0.226 e. The lowest BCUT2D eigenvalue weighted by molar-refractivity contribution is -0.134. The standard InChI is InChI=1S/C12H20N2O/c1-3-8-14(2)12(15)11-6-4-10(9-13)5-7-11/h1,10-11H,4-9,13H2,2H3. The zero-order valence-corrected chi connectivity index (χ0v) is 9.41. The summed E-state index contributed by atoms with van der Waals surface area (Å²) in [7, 11) is 1.78. The van der Waals surface area contributed by atoms with Crippen LogP contribution >= 0.6 is 0 Å². The van der Waals surface area contributed by atoms with Gasteiger partial charge in [0.05, 0.1) is 6.54 Å². The van der Waals surface area contributed by atoms with E-state index in [-0.39, 0.29) is 11.8 Å². The Kier molecular flexibility index (Phi) is 4.64. The van der Waals surface area contributed by atoms with E-state index in [1.807, 2.05) is 0 Å².